The summed E-state index contributed by atoms with van der Waals surface area (Å²) in [6, 6.07) is 0.300. The number of aromatic nitrogens is 2. The van der Waals surface area contributed by atoms with Crippen LogP contribution in [0.4, 0.5) is 0 Å². The summed E-state index contributed by atoms with van der Waals surface area (Å²) >= 11 is 0. The van der Waals surface area contributed by atoms with E-state index in [-0.39, 0.29) is 17.8 Å². The Hall–Kier alpha value is -0.650. The minimum atomic E-state index is -0.0767. The van der Waals surface area contributed by atoms with Crippen LogP contribution in [0, 0.1) is 0 Å². The van der Waals surface area contributed by atoms with Gasteiger partial charge in [-0.3, -0.25) is 4.90 Å². The van der Waals surface area contributed by atoms with Crippen molar-refractivity contribution in [3.63, 3.8) is 0 Å². The Morgan fingerprint density at radius 3 is 2.65 bits per heavy atom. The second-order valence-corrected chi connectivity index (χ2v) is 5.55. The molecule has 17 heavy (non-hydrogen) atoms. The van der Waals surface area contributed by atoms with Crippen molar-refractivity contribution in [1.29, 1.82) is 0 Å². The molecule has 0 amide bonds. The van der Waals surface area contributed by atoms with Gasteiger partial charge in [0, 0.05) is 24.5 Å². The number of hydrogen-bond donors (Lipinski definition) is 1. The Labute approximate surface area is 108 Å². The molecule has 0 bridgehead atoms. The van der Waals surface area contributed by atoms with Crippen LogP contribution in [-0.2, 0) is 12.0 Å². The van der Waals surface area contributed by atoms with Crippen molar-refractivity contribution in [2.24, 2.45) is 5.73 Å². The lowest BCUT2D eigenvalue weighted by molar-refractivity contribution is 0.296. The maximum atomic E-state index is 5.85. The molecule has 6 heteroatoms. The van der Waals surface area contributed by atoms with E-state index in [1.54, 1.807) is 0 Å². The third-order valence-electron chi connectivity index (χ3n) is 2.78. The SMILES string of the molecule is CC(C)(C)c1nc(CN2CC[C@H](N)C2)no1.Cl. The Kier molecular flexibility index (Phi) is 4.52. The van der Waals surface area contributed by atoms with Gasteiger partial charge in [-0.25, -0.2) is 0 Å². The highest BCUT2D eigenvalue weighted by Crippen LogP contribution is 2.20. The predicted molar refractivity (Wildman–Crippen MR) is 68.1 cm³/mol. The molecule has 1 aliphatic rings. The molecule has 98 valence electrons. The highest BCUT2D eigenvalue weighted by Gasteiger charge is 2.24. The first-order valence-corrected chi connectivity index (χ1v) is 5.76. The Morgan fingerprint density at radius 2 is 2.18 bits per heavy atom. The molecule has 2 heterocycles. The molecule has 1 saturated heterocycles. The van der Waals surface area contributed by atoms with Crippen LogP contribution in [0.2, 0.25) is 0 Å². The second-order valence-electron chi connectivity index (χ2n) is 5.55. The summed E-state index contributed by atoms with van der Waals surface area (Å²) in [7, 11) is 0. The summed E-state index contributed by atoms with van der Waals surface area (Å²) in [5, 5.41) is 4.00. The van der Waals surface area contributed by atoms with Gasteiger partial charge in [0.25, 0.3) is 0 Å². The molecule has 1 atom stereocenters. The monoisotopic (exact) mass is 260 g/mol. The second kappa shape index (κ2) is 5.33. The van der Waals surface area contributed by atoms with Crippen molar-refractivity contribution in [3.8, 4) is 0 Å². The number of rotatable bonds is 2. The Bertz CT molecular complexity index is 361. The molecule has 1 aliphatic heterocycles. The average molecular weight is 261 g/mol. The smallest absolute Gasteiger partial charge is 0.232 e. The highest BCUT2D eigenvalue weighted by atomic mass is 35.5. The van der Waals surface area contributed by atoms with E-state index in [4.69, 9.17) is 10.3 Å². The predicted octanol–water partition coefficient (Wildman–Crippen LogP) is 1.32. The third kappa shape index (κ3) is 3.66. The summed E-state index contributed by atoms with van der Waals surface area (Å²) in [5.41, 5.74) is 5.77. The zero-order chi connectivity index (χ0) is 11.8. The van der Waals surface area contributed by atoms with Crippen LogP contribution in [0.25, 0.3) is 0 Å². The first-order chi connectivity index (χ1) is 7.45. The summed E-state index contributed by atoms with van der Waals surface area (Å²) in [6.45, 7) is 8.90. The molecule has 0 saturated carbocycles. The van der Waals surface area contributed by atoms with Crippen molar-refractivity contribution in [2.45, 2.75) is 45.2 Å². The van der Waals surface area contributed by atoms with Gasteiger partial charge in [-0.05, 0) is 6.42 Å². The van der Waals surface area contributed by atoms with Gasteiger partial charge in [0.05, 0.1) is 6.54 Å². The van der Waals surface area contributed by atoms with Gasteiger partial charge in [0.1, 0.15) is 0 Å². The van der Waals surface area contributed by atoms with Crippen LogP contribution >= 0.6 is 12.4 Å². The van der Waals surface area contributed by atoms with Crippen molar-refractivity contribution >= 4 is 12.4 Å². The minimum Gasteiger partial charge on any atom is -0.339 e. The van der Waals surface area contributed by atoms with E-state index in [1.807, 2.05) is 0 Å². The standard InChI is InChI=1S/C11H20N4O.ClH/c1-11(2,3)10-13-9(14-16-10)7-15-5-4-8(12)6-15;/h8H,4-7,12H2,1-3H3;1H/t8-;/m0./s1. The first-order valence-electron chi connectivity index (χ1n) is 5.76. The van der Waals surface area contributed by atoms with Crippen molar-refractivity contribution in [1.82, 2.24) is 15.0 Å². The molecule has 2 N–H and O–H groups in total. The van der Waals surface area contributed by atoms with Gasteiger partial charge < -0.3 is 10.3 Å². The fraction of sp³-hybridized carbons (Fsp3) is 0.818. The molecule has 0 unspecified atom stereocenters. The fourth-order valence-corrected chi connectivity index (χ4v) is 1.83. The summed E-state index contributed by atoms with van der Waals surface area (Å²) < 4.78 is 5.25. The van der Waals surface area contributed by atoms with Crippen LogP contribution in [0.5, 0.6) is 0 Å². The van der Waals surface area contributed by atoms with Crippen molar-refractivity contribution in [2.75, 3.05) is 13.1 Å². The summed E-state index contributed by atoms with van der Waals surface area (Å²) in [5.74, 6) is 1.46. The van der Waals surface area contributed by atoms with Gasteiger partial charge in [-0.15, -0.1) is 12.4 Å². The normalized spacial score (nSPS) is 21.5. The van der Waals surface area contributed by atoms with Crippen LogP contribution in [0.15, 0.2) is 4.52 Å². The topological polar surface area (TPSA) is 68.2 Å². The molecule has 1 aromatic heterocycles. The fourth-order valence-electron chi connectivity index (χ4n) is 1.83. The van der Waals surface area contributed by atoms with Gasteiger partial charge in [0.15, 0.2) is 5.82 Å². The Balaban J connectivity index is 0.00000144. The lowest BCUT2D eigenvalue weighted by atomic mass is 9.97. The molecule has 1 fully saturated rings. The van der Waals surface area contributed by atoms with E-state index in [1.165, 1.54) is 0 Å². The molecule has 0 aromatic carbocycles. The molecular formula is C11H21ClN4O. The van der Waals surface area contributed by atoms with E-state index in [9.17, 15) is 0 Å². The molecular weight excluding hydrogens is 240 g/mol. The number of hydrogen-bond acceptors (Lipinski definition) is 5. The lowest BCUT2D eigenvalue weighted by Crippen LogP contribution is -2.26. The quantitative estimate of drug-likeness (QED) is 0.869. The summed E-state index contributed by atoms with van der Waals surface area (Å²) in [6.07, 6.45) is 1.06. The van der Waals surface area contributed by atoms with Crippen molar-refractivity contribution < 1.29 is 4.52 Å². The van der Waals surface area contributed by atoms with Crippen molar-refractivity contribution in [3.05, 3.63) is 11.7 Å². The zero-order valence-corrected chi connectivity index (χ0v) is 11.5. The zero-order valence-electron chi connectivity index (χ0n) is 10.6. The van der Waals surface area contributed by atoms with Crippen LogP contribution in [-0.4, -0.2) is 34.2 Å². The Morgan fingerprint density at radius 1 is 1.47 bits per heavy atom. The van der Waals surface area contributed by atoms with Gasteiger partial charge in [0.2, 0.25) is 5.89 Å². The van der Waals surface area contributed by atoms with Crippen LogP contribution in [0.3, 0.4) is 0 Å². The summed E-state index contributed by atoms with van der Waals surface area (Å²) in [4.78, 5) is 6.68. The highest BCUT2D eigenvalue weighted by molar-refractivity contribution is 5.85. The molecule has 5 nitrogen and oxygen atoms in total. The van der Waals surface area contributed by atoms with Gasteiger partial charge in [-0.2, -0.15) is 4.98 Å². The number of halogens is 1. The number of nitrogens with two attached hydrogens (primary N) is 1. The average Bonchev–Trinajstić information content (AvgIpc) is 2.74. The maximum Gasteiger partial charge on any atom is 0.232 e. The first kappa shape index (κ1) is 14.4. The largest absolute Gasteiger partial charge is 0.339 e. The van der Waals surface area contributed by atoms with Crippen LogP contribution < -0.4 is 5.73 Å². The van der Waals surface area contributed by atoms with E-state index in [0.717, 1.165) is 31.9 Å². The van der Waals surface area contributed by atoms with Gasteiger partial charge >= 0.3 is 0 Å². The van der Waals surface area contributed by atoms with E-state index in [2.05, 4.69) is 35.8 Å². The number of likely N-dealkylation sites (tertiary alicyclic amines) is 1. The molecule has 2 rings (SSSR count). The third-order valence-corrected chi connectivity index (χ3v) is 2.78. The molecule has 0 aliphatic carbocycles. The van der Waals surface area contributed by atoms with E-state index in [0.29, 0.717) is 11.9 Å². The molecule has 1 aromatic rings. The molecule has 0 radical (unpaired) electrons. The maximum absolute atomic E-state index is 5.85. The van der Waals surface area contributed by atoms with Gasteiger partial charge in [-0.1, -0.05) is 25.9 Å². The van der Waals surface area contributed by atoms with E-state index >= 15 is 0 Å². The number of nitrogens with zero attached hydrogens (tertiary/aromatic N) is 3. The van der Waals surface area contributed by atoms with E-state index < -0.39 is 0 Å². The van der Waals surface area contributed by atoms with Crippen LogP contribution in [0.1, 0.15) is 38.9 Å². The minimum absolute atomic E-state index is 0. The molecule has 0 spiro atoms. The lowest BCUT2D eigenvalue weighted by Gasteiger charge is -2.12.